The van der Waals surface area contributed by atoms with E-state index in [0.29, 0.717) is 10.9 Å². The van der Waals surface area contributed by atoms with E-state index in [4.69, 9.17) is 11.6 Å². The standard InChI is InChI=1S/C15H21ClN2O/c1-10-5-3-4-6-13(10)17-15(19)18-14-9-12(16)8-7-11(14)2/h7-10,13H,3-6H2,1-2H3,(H2,17,18,19). The van der Waals surface area contributed by atoms with Crippen LogP contribution in [0.3, 0.4) is 0 Å². The fraction of sp³-hybridized carbons (Fsp3) is 0.533. The van der Waals surface area contributed by atoms with Gasteiger partial charge in [0.25, 0.3) is 0 Å². The molecule has 1 fully saturated rings. The molecule has 0 saturated heterocycles. The third kappa shape index (κ3) is 3.87. The molecule has 2 unspecified atom stereocenters. The molecule has 4 heteroatoms. The maximum Gasteiger partial charge on any atom is 0.319 e. The van der Waals surface area contributed by atoms with Crippen molar-refractivity contribution in [1.82, 2.24) is 5.32 Å². The van der Waals surface area contributed by atoms with E-state index in [2.05, 4.69) is 17.6 Å². The number of rotatable bonds is 2. The fourth-order valence-corrected chi connectivity index (χ4v) is 2.76. The third-order valence-corrected chi connectivity index (χ3v) is 4.11. The maximum absolute atomic E-state index is 12.0. The zero-order valence-electron chi connectivity index (χ0n) is 11.5. The number of nitrogens with one attached hydrogen (secondary N) is 2. The highest BCUT2D eigenvalue weighted by molar-refractivity contribution is 6.31. The number of benzene rings is 1. The molecule has 3 nitrogen and oxygen atoms in total. The molecule has 1 saturated carbocycles. The average molecular weight is 281 g/mol. The second-order valence-electron chi connectivity index (χ2n) is 5.43. The summed E-state index contributed by atoms with van der Waals surface area (Å²) in [5.41, 5.74) is 1.78. The Morgan fingerprint density at radius 2 is 2.05 bits per heavy atom. The van der Waals surface area contributed by atoms with Crippen molar-refractivity contribution in [2.45, 2.75) is 45.6 Å². The molecule has 0 heterocycles. The second kappa shape index (κ2) is 6.29. The van der Waals surface area contributed by atoms with Crippen LogP contribution >= 0.6 is 11.6 Å². The molecule has 1 aromatic carbocycles. The Morgan fingerprint density at radius 1 is 1.32 bits per heavy atom. The minimum atomic E-state index is -0.135. The summed E-state index contributed by atoms with van der Waals surface area (Å²) in [6, 6.07) is 5.66. The lowest BCUT2D eigenvalue weighted by atomic mass is 9.86. The van der Waals surface area contributed by atoms with Gasteiger partial charge in [0.2, 0.25) is 0 Å². The molecule has 0 aliphatic heterocycles. The van der Waals surface area contributed by atoms with Crippen molar-refractivity contribution in [1.29, 1.82) is 0 Å². The molecular weight excluding hydrogens is 260 g/mol. The molecule has 2 N–H and O–H groups in total. The number of urea groups is 1. The molecule has 1 aliphatic carbocycles. The van der Waals surface area contributed by atoms with Crippen molar-refractivity contribution in [3.05, 3.63) is 28.8 Å². The first-order valence-corrected chi connectivity index (χ1v) is 7.27. The van der Waals surface area contributed by atoms with Crippen molar-refractivity contribution in [3.8, 4) is 0 Å². The van der Waals surface area contributed by atoms with Gasteiger partial charge in [-0.05, 0) is 43.4 Å². The summed E-state index contributed by atoms with van der Waals surface area (Å²) in [6.45, 7) is 4.16. The van der Waals surface area contributed by atoms with Crippen LogP contribution in [0, 0.1) is 12.8 Å². The van der Waals surface area contributed by atoms with Crippen LogP contribution in [0.25, 0.3) is 0 Å². The maximum atomic E-state index is 12.0. The largest absolute Gasteiger partial charge is 0.335 e. The van der Waals surface area contributed by atoms with E-state index in [-0.39, 0.29) is 12.1 Å². The van der Waals surface area contributed by atoms with E-state index in [0.717, 1.165) is 17.7 Å². The van der Waals surface area contributed by atoms with Gasteiger partial charge in [0.1, 0.15) is 0 Å². The Hall–Kier alpha value is -1.22. The summed E-state index contributed by atoms with van der Waals surface area (Å²) in [7, 11) is 0. The molecule has 2 rings (SSSR count). The highest BCUT2D eigenvalue weighted by atomic mass is 35.5. The lowest BCUT2D eigenvalue weighted by molar-refractivity contribution is 0.232. The lowest BCUT2D eigenvalue weighted by Crippen LogP contribution is -2.43. The third-order valence-electron chi connectivity index (χ3n) is 3.88. The highest BCUT2D eigenvalue weighted by Gasteiger charge is 2.22. The number of anilines is 1. The first kappa shape index (κ1) is 14.2. The molecule has 0 spiro atoms. The Morgan fingerprint density at radius 3 is 2.79 bits per heavy atom. The fourth-order valence-electron chi connectivity index (χ4n) is 2.59. The van der Waals surface area contributed by atoms with Crippen LogP contribution in [0.4, 0.5) is 10.5 Å². The molecule has 104 valence electrons. The monoisotopic (exact) mass is 280 g/mol. The van der Waals surface area contributed by atoms with Gasteiger partial charge in [-0.2, -0.15) is 0 Å². The van der Waals surface area contributed by atoms with Gasteiger partial charge >= 0.3 is 6.03 Å². The molecule has 0 aromatic heterocycles. The van der Waals surface area contributed by atoms with Gasteiger partial charge in [0, 0.05) is 16.8 Å². The van der Waals surface area contributed by atoms with Crippen LogP contribution in [-0.4, -0.2) is 12.1 Å². The normalized spacial score (nSPS) is 22.9. The van der Waals surface area contributed by atoms with Gasteiger partial charge in [0.15, 0.2) is 0 Å². The first-order valence-electron chi connectivity index (χ1n) is 6.90. The molecule has 1 aromatic rings. The Bertz CT molecular complexity index is 461. The summed E-state index contributed by atoms with van der Waals surface area (Å²) in [4.78, 5) is 12.0. The van der Waals surface area contributed by atoms with Crippen LogP contribution in [0.2, 0.25) is 5.02 Å². The summed E-state index contributed by atoms with van der Waals surface area (Å²) < 4.78 is 0. The summed E-state index contributed by atoms with van der Waals surface area (Å²) in [5.74, 6) is 0.556. The smallest absolute Gasteiger partial charge is 0.319 e. The van der Waals surface area contributed by atoms with Crippen molar-refractivity contribution < 1.29 is 4.79 Å². The molecular formula is C15H21ClN2O. The SMILES string of the molecule is Cc1ccc(Cl)cc1NC(=O)NC1CCCCC1C. The molecule has 19 heavy (non-hydrogen) atoms. The predicted octanol–water partition coefficient (Wildman–Crippen LogP) is 4.35. The van der Waals surface area contributed by atoms with Crippen LogP contribution < -0.4 is 10.6 Å². The van der Waals surface area contributed by atoms with E-state index >= 15 is 0 Å². The number of hydrogen-bond donors (Lipinski definition) is 2. The van der Waals surface area contributed by atoms with E-state index in [1.54, 1.807) is 6.07 Å². The summed E-state index contributed by atoms with van der Waals surface area (Å²) in [5, 5.41) is 6.59. The second-order valence-corrected chi connectivity index (χ2v) is 5.86. The Balaban J connectivity index is 1.95. The number of aryl methyl sites for hydroxylation is 1. The molecule has 0 bridgehead atoms. The van der Waals surface area contributed by atoms with Crippen molar-refractivity contribution in [3.63, 3.8) is 0 Å². The molecule has 0 radical (unpaired) electrons. The number of hydrogen-bond acceptors (Lipinski definition) is 1. The minimum absolute atomic E-state index is 0.135. The number of halogens is 1. The van der Waals surface area contributed by atoms with Gasteiger partial charge in [-0.15, -0.1) is 0 Å². The van der Waals surface area contributed by atoms with E-state index in [1.807, 2.05) is 19.1 Å². The van der Waals surface area contributed by atoms with Crippen LogP contribution in [-0.2, 0) is 0 Å². The van der Waals surface area contributed by atoms with Crippen molar-refractivity contribution in [2.75, 3.05) is 5.32 Å². The predicted molar refractivity (Wildman–Crippen MR) is 79.8 cm³/mol. The van der Waals surface area contributed by atoms with E-state index in [1.165, 1.54) is 19.3 Å². The highest BCUT2D eigenvalue weighted by Crippen LogP contribution is 2.24. The van der Waals surface area contributed by atoms with Crippen LogP contribution in [0.5, 0.6) is 0 Å². The zero-order valence-corrected chi connectivity index (χ0v) is 12.3. The van der Waals surface area contributed by atoms with Gasteiger partial charge in [0.05, 0.1) is 0 Å². The van der Waals surface area contributed by atoms with Crippen molar-refractivity contribution in [2.24, 2.45) is 5.92 Å². The van der Waals surface area contributed by atoms with Crippen LogP contribution in [0.1, 0.15) is 38.2 Å². The number of carbonyl (C=O) groups is 1. The first-order chi connectivity index (χ1) is 9.06. The Kier molecular flexibility index (Phi) is 4.70. The molecule has 2 atom stereocenters. The molecule has 2 amide bonds. The topological polar surface area (TPSA) is 41.1 Å². The van der Waals surface area contributed by atoms with Gasteiger partial charge in [-0.3, -0.25) is 0 Å². The molecule has 1 aliphatic rings. The summed E-state index contributed by atoms with van der Waals surface area (Å²) in [6.07, 6.45) is 4.74. The van der Waals surface area contributed by atoms with E-state index in [9.17, 15) is 4.79 Å². The number of amides is 2. The zero-order chi connectivity index (χ0) is 13.8. The lowest BCUT2D eigenvalue weighted by Gasteiger charge is -2.29. The summed E-state index contributed by atoms with van der Waals surface area (Å²) >= 11 is 5.94. The van der Waals surface area contributed by atoms with Gasteiger partial charge in [-0.1, -0.05) is 37.4 Å². The van der Waals surface area contributed by atoms with Crippen molar-refractivity contribution >= 4 is 23.3 Å². The van der Waals surface area contributed by atoms with Gasteiger partial charge < -0.3 is 10.6 Å². The average Bonchev–Trinajstić information content (AvgIpc) is 2.37. The van der Waals surface area contributed by atoms with E-state index < -0.39 is 0 Å². The van der Waals surface area contributed by atoms with Crippen LogP contribution in [0.15, 0.2) is 18.2 Å². The Labute approximate surface area is 119 Å². The quantitative estimate of drug-likeness (QED) is 0.831. The van der Waals surface area contributed by atoms with Gasteiger partial charge in [-0.25, -0.2) is 4.79 Å². The minimum Gasteiger partial charge on any atom is -0.335 e. The number of carbonyl (C=O) groups excluding carboxylic acids is 1.